The SMILES string of the molecule is CN1CCN(CCC(=O)NCc2ccc(-c3ccccc3)o2)CC1. The van der Waals surface area contributed by atoms with E-state index < -0.39 is 0 Å². The summed E-state index contributed by atoms with van der Waals surface area (Å²) in [5.74, 6) is 1.69. The van der Waals surface area contributed by atoms with Crippen molar-refractivity contribution in [2.75, 3.05) is 39.8 Å². The molecule has 24 heavy (non-hydrogen) atoms. The molecule has 1 N–H and O–H groups in total. The van der Waals surface area contributed by atoms with E-state index in [1.54, 1.807) is 0 Å². The van der Waals surface area contributed by atoms with Gasteiger partial charge in [0, 0.05) is 44.7 Å². The van der Waals surface area contributed by atoms with E-state index in [4.69, 9.17) is 4.42 Å². The monoisotopic (exact) mass is 327 g/mol. The van der Waals surface area contributed by atoms with Crippen molar-refractivity contribution >= 4 is 5.91 Å². The van der Waals surface area contributed by atoms with Crippen molar-refractivity contribution < 1.29 is 9.21 Å². The van der Waals surface area contributed by atoms with Crippen LogP contribution < -0.4 is 5.32 Å². The molecule has 0 unspecified atom stereocenters. The molecule has 0 atom stereocenters. The highest BCUT2D eigenvalue weighted by molar-refractivity contribution is 5.76. The van der Waals surface area contributed by atoms with Crippen molar-refractivity contribution in [1.29, 1.82) is 0 Å². The number of hydrogen-bond acceptors (Lipinski definition) is 4. The lowest BCUT2D eigenvalue weighted by molar-refractivity contribution is -0.121. The third-order valence-corrected chi connectivity index (χ3v) is 4.43. The third kappa shape index (κ3) is 4.69. The molecule has 1 aromatic carbocycles. The van der Waals surface area contributed by atoms with Gasteiger partial charge in [0.25, 0.3) is 0 Å². The molecular weight excluding hydrogens is 302 g/mol. The summed E-state index contributed by atoms with van der Waals surface area (Å²) in [6.07, 6.45) is 0.538. The molecule has 0 aliphatic carbocycles. The van der Waals surface area contributed by atoms with Gasteiger partial charge in [0.1, 0.15) is 11.5 Å². The molecule has 1 amide bonds. The van der Waals surface area contributed by atoms with E-state index in [0.29, 0.717) is 13.0 Å². The highest BCUT2D eigenvalue weighted by Crippen LogP contribution is 2.21. The van der Waals surface area contributed by atoms with Crippen molar-refractivity contribution in [1.82, 2.24) is 15.1 Å². The van der Waals surface area contributed by atoms with Crippen LogP contribution in [0.2, 0.25) is 0 Å². The largest absolute Gasteiger partial charge is 0.459 e. The summed E-state index contributed by atoms with van der Waals surface area (Å²) < 4.78 is 5.80. The summed E-state index contributed by atoms with van der Waals surface area (Å²) in [7, 11) is 2.14. The average molecular weight is 327 g/mol. The minimum absolute atomic E-state index is 0.0755. The molecular formula is C19H25N3O2. The smallest absolute Gasteiger partial charge is 0.221 e. The molecule has 128 valence electrons. The molecule has 1 aromatic heterocycles. The molecule has 5 heteroatoms. The number of nitrogens with one attached hydrogen (secondary N) is 1. The van der Waals surface area contributed by atoms with Crippen molar-refractivity contribution in [3.05, 3.63) is 48.2 Å². The summed E-state index contributed by atoms with van der Waals surface area (Å²) in [6.45, 7) is 5.51. The zero-order chi connectivity index (χ0) is 16.8. The lowest BCUT2D eigenvalue weighted by Crippen LogP contribution is -2.45. The first-order valence-electron chi connectivity index (χ1n) is 8.52. The topological polar surface area (TPSA) is 48.7 Å². The summed E-state index contributed by atoms with van der Waals surface area (Å²) in [6, 6.07) is 13.8. The quantitative estimate of drug-likeness (QED) is 0.884. The molecule has 1 aliphatic heterocycles. The average Bonchev–Trinajstić information content (AvgIpc) is 3.09. The Morgan fingerprint density at radius 1 is 1.08 bits per heavy atom. The maximum Gasteiger partial charge on any atom is 0.221 e. The number of amides is 1. The number of rotatable bonds is 6. The van der Waals surface area contributed by atoms with Gasteiger partial charge in [-0.2, -0.15) is 0 Å². The van der Waals surface area contributed by atoms with E-state index in [0.717, 1.165) is 49.8 Å². The summed E-state index contributed by atoms with van der Waals surface area (Å²) in [5.41, 5.74) is 1.05. The van der Waals surface area contributed by atoms with Crippen LogP contribution in [-0.4, -0.2) is 55.5 Å². The summed E-state index contributed by atoms with van der Waals surface area (Å²) in [4.78, 5) is 16.7. The minimum Gasteiger partial charge on any atom is -0.459 e. The lowest BCUT2D eigenvalue weighted by Gasteiger charge is -2.32. The number of furan rings is 1. The molecule has 1 fully saturated rings. The van der Waals surface area contributed by atoms with E-state index in [2.05, 4.69) is 22.2 Å². The van der Waals surface area contributed by atoms with Crippen LogP contribution in [0.15, 0.2) is 46.9 Å². The molecule has 0 saturated carbocycles. The Kier molecular flexibility index (Phi) is 5.67. The lowest BCUT2D eigenvalue weighted by atomic mass is 10.2. The molecule has 2 heterocycles. The fraction of sp³-hybridized carbons (Fsp3) is 0.421. The minimum atomic E-state index is 0.0755. The fourth-order valence-electron chi connectivity index (χ4n) is 2.84. The van der Waals surface area contributed by atoms with Gasteiger partial charge in [-0.3, -0.25) is 4.79 Å². The van der Waals surface area contributed by atoms with Gasteiger partial charge in [-0.15, -0.1) is 0 Å². The molecule has 0 bridgehead atoms. The first-order chi connectivity index (χ1) is 11.7. The number of piperazine rings is 1. The van der Waals surface area contributed by atoms with Crippen LogP contribution in [0.1, 0.15) is 12.2 Å². The second-order valence-corrected chi connectivity index (χ2v) is 6.30. The Morgan fingerprint density at radius 3 is 2.58 bits per heavy atom. The van der Waals surface area contributed by atoms with Crippen LogP contribution in [0, 0.1) is 0 Å². The number of carbonyl (C=O) groups excluding carboxylic acids is 1. The maximum atomic E-state index is 12.0. The molecule has 5 nitrogen and oxygen atoms in total. The first kappa shape index (κ1) is 16.7. The number of hydrogen-bond donors (Lipinski definition) is 1. The molecule has 0 radical (unpaired) electrons. The fourth-order valence-corrected chi connectivity index (χ4v) is 2.84. The normalized spacial score (nSPS) is 16.2. The molecule has 0 spiro atoms. The van der Waals surface area contributed by atoms with Crippen LogP contribution in [-0.2, 0) is 11.3 Å². The standard InChI is InChI=1S/C19H25N3O2/c1-21-11-13-22(14-12-21)10-9-19(23)20-15-17-7-8-18(24-17)16-5-3-2-4-6-16/h2-8H,9-15H2,1H3,(H,20,23). The Hall–Kier alpha value is -2.11. The second kappa shape index (κ2) is 8.13. The van der Waals surface area contributed by atoms with Crippen molar-refractivity contribution in [3.8, 4) is 11.3 Å². The van der Waals surface area contributed by atoms with Gasteiger partial charge >= 0.3 is 0 Å². The Morgan fingerprint density at radius 2 is 1.83 bits per heavy atom. The first-order valence-corrected chi connectivity index (χ1v) is 8.52. The van der Waals surface area contributed by atoms with Crippen LogP contribution in [0.4, 0.5) is 0 Å². The number of carbonyl (C=O) groups is 1. The predicted molar refractivity (Wildman–Crippen MR) is 94.5 cm³/mol. The van der Waals surface area contributed by atoms with E-state index in [1.807, 2.05) is 42.5 Å². The van der Waals surface area contributed by atoms with Crippen molar-refractivity contribution in [2.24, 2.45) is 0 Å². The Labute approximate surface area is 143 Å². The van der Waals surface area contributed by atoms with Crippen molar-refractivity contribution in [2.45, 2.75) is 13.0 Å². The Bertz CT molecular complexity index is 646. The van der Waals surface area contributed by atoms with Crippen LogP contribution in [0.25, 0.3) is 11.3 Å². The Balaban J connectivity index is 1.41. The number of nitrogens with zero attached hydrogens (tertiary/aromatic N) is 2. The maximum absolute atomic E-state index is 12.0. The van der Waals surface area contributed by atoms with E-state index in [1.165, 1.54) is 0 Å². The van der Waals surface area contributed by atoms with Gasteiger partial charge in [-0.25, -0.2) is 0 Å². The zero-order valence-electron chi connectivity index (χ0n) is 14.2. The third-order valence-electron chi connectivity index (χ3n) is 4.43. The molecule has 1 saturated heterocycles. The van der Waals surface area contributed by atoms with E-state index in [9.17, 15) is 4.79 Å². The number of benzene rings is 1. The summed E-state index contributed by atoms with van der Waals surface area (Å²) >= 11 is 0. The molecule has 2 aromatic rings. The van der Waals surface area contributed by atoms with Gasteiger partial charge in [0.15, 0.2) is 0 Å². The number of likely N-dealkylation sites (N-methyl/N-ethyl adjacent to an activating group) is 1. The van der Waals surface area contributed by atoms with E-state index >= 15 is 0 Å². The van der Waals surface area contributed by atoms with Gasteiger partial charge in [0.2, 0.25) is 5.91 Å². The predicted octanol–water partition coefficient (Wildman–Crippen LogP) is 2.20. The molecule has 1 aliphatic rings. The zero-order valence-corrected chi connectivity index (χ0v) is 14.2. The van der Waals surface area contributed by atoms with Crippen LogP contribution in [0.3, 0.4) is 0 Å². The van der Waals surface area contributed by atoms with Crippen LogP contribution in [0.5, 0.6) is 0 Å². The summed E-state index contributed by atoms with van der Waals surface area (Å²) in [5, 5.41) is 2.94. The van der Waals surface area contributed by atoms with Gasteiger partial charge in [-0.1, -0.05) is 30.3 Å². The highest BCUT2D eigenvalue weighted by Gasteiger charge is 2.14. The van der Waals surface area contributed by atoms with E-state index in [-0.39, 0.29) is 5.91 Å². The van der Waals surface area contributed by atoms with Gasteiger partial charge in [0.05, 0.1) is 6.54 Å². The van der Waals surface area contributed by atoms with Gasteiger partial charge in [-0.05, 0) is 19.2 Å². The van der Waals surface area contributed by atoms with Gasteiger partial charge < -0.3 is 19.5 Å². The van der Waals surface area contributed by atoms with Crippen molar-refractivity contribution in [3.63, 3.8) is 0 Å². The molecule has 3 rings (SSSR count). The van der Waals surface area contributed by atoms with Crippen LogP contribution >= 0.6 is 0 Å². The highest BCUT2D eigenvalue weighted by atomic mass is 16.3. The second-order valence-electron chi connectivity index (χ2n) is 6.30.